The van der Waals surface area contributed by atoms with Gasteiger partial charge in [-0.3, -0.25) is 9.69 Å². The first-order valence-corrected chi connectivity index (χ1v) is 9.91. The van der Waals surface area contributed by atoms with Crippen molar-refractivity contribution in [3.8, 4) is 5.75 Å². The highest BCUT2D eigenvalue weighted by Crippen LogP contribution is 2.18. The van der Waals surface area contributed by atoms with Gasteiger partial charge in [-0.1, -0.05) is 35.9 Å². The number of ether oxygens (including phenoxy) is 1. The van der Waals surface area contributed by atoms with Gasteiger partial charge in [0.1, 0.15) is 5.75 Å². The number of Topliss-reactive ketones (excluding diaryl/α,β-unsaturated/α-hetero) is 1. The Morgan fingerprint density at radius 2 is 1.67 bits per heavy atom. The highest BCUT2D eigenvalue weighted by Gasteiger charge is 2.16. The van der Waals surface area contributed by atoms with Crippen molar-refractivity contribution in [2.75, 3.05) is 39.3 Å². The largest absolute Gasteiger partial charge is 0.493 e. The highest BCUT2D eigenvalue weighted by atomic mass is 35.5. The molecule has 144 valence electrons. The van der Waals surface area contributed by atoms with E-state index in [9.17, 15) is 4.79 Å². The minimum atomic E-state index is 0.0439. The Labute approximate surface area is 166 Å². The molecule has 5 heteroatoms. The van der Waals surface area contributed by atoms with Crippen LogP contribution in [0.1, 0.15) is 29.3 Å². The summed E-state index contributed by atoms with van der Waals surface area (Å²) in [5.41, 5.74) is 1.97. The van der Waals surface area contributed by atoms with Gasteiger partial charge in [-0.2, -0.15) is 0 Å². The lowest BCUT2D eigenvalue weighted by Crippen LogP contribution is -2.46. The molecule has 1 fully saturated rings. The monoisotopic (exact) mass is 386 g/mol. The summed E-state index contributed by atoms with van der Waals surface area (Å²) < 4.78 is 5.83. The lowest BCUT2D eigenvalue weighted by Gasteiger charge is -2.34. The maximum absolute atomic E-state index is 11.6. The van der Waals surface area contributed by atoms with Gasteiger partial charge in [0.2, 0.25) is 0 Å². The van der Waals surface area contributed by atoms with Crippen LogP contribution in [0.4, 0.5) is 0 Å². The van der Waals surface area contributed by atoms with Crippen LogP contribution in [0.25, 0.3) is 0 Å². The van der Waals surface area contributed by atoms with Crippen LogP contribution < -0.4 is 4.74 Å². The van der Waals surface area contributed by atoms with E-state index in [0.717, 1.165) is 50.7 Å². The molecule has 1 saturated heterocycles. The van der Waals surface area contributed by atoms with Crippen LogP contribution in [0.3, 0.4) is 0 Å². The van der Waals surface area contributed by atoms with E-state index in [1.807, 2.05) is 36.4 Å². The molecule has 0 aliphatic carbocycles. The quantitative estimate of drug-likeness (QED) is 0.504. The molecular weight excluding hydrogens is 360 g/mol. The van der Waals surface area contributed by atoms with Crippen molar-refractivity contribution in [1.29, 1.82) is 0 Å². The predicted octanol–water partition coefficient (Wildman–Crippen LogP) is 4.13. The fraction of sp³-hybridized carbons (Fsp3) is 0.409. The summed E-state index contributed by atoms with van der Waals surface area (Å²) in [6, 6.07) is 15.6. The van der Waals surface area contributed by atoms with Crippen molar-refractivity contribution in [1.82, 2.24) is 9.80 Å². The Morgan fingerprint density at radius 3 is 2.37 bits per heavy atom. The number of hydrogen-bond donors (Lipinski definition) is 0. The molecular formula is C22H27ClN2O2. The van der Waals surface area contributed by atoms with Gasteiger partial charge < -0.3 is 9.64 Å². The molecule has 0 radical (unpaired) electrons. The van der Waals surface area contributed by atoms with E-state index >= 15 is 0 Å². The third-order valence-corrected chi connectivity index (χ3v) is 5.18. The second-order valence-corrected chi connectivity index (χ2v) is 7.44. The molecule has 1 aliphatic heterocycles. The maximum atomic E-state index is 11.6. The van der Waals surface area contributed by atoms with Gasteiger partial charge in [-0.15, -0.1) is 0 Å². The summed E-state index contributed by atoms with van der Waals surface area (Å²) in [6.07, 6.45) is 0.962. The van der Waals surface area contributed by atoms with E-state index in [0.29, 0.717) is 17.9 Å². The van der Waals surface area contributed by atoms with Gasteiger partial charge in [0.25, 0.3) is 0 Å². The SMILES string of the molecule is CC(=O)c1ccccc1OCCCN1CCN(Cc2ccc(Cl)cc2)CC1. The van der Waals surface area contributed by atoms with Gasteiger partial charge in [0.05, 0.1) is 12.2 Å². The first-order valence-electron chi connectivity index (χ1n) is 9.54. The average molecular weight is 387 g/mol. The van der Waals surface area contributed by atoms with Crippen molar-refractivity contribution in [3.05, 3.63) is 64.7 Å². The summed E-state index contributed by atoms with van der Waals surface area (Å²) in [6.45, 7) is 8.54. The Hall–Kier alpha value is -1.88. The van der Waals surface area contributed by atoms with Crippen molar-refractivity contribution >= 4 is 17.4 Å². The summed E-state index contributed by atoms with van der Waals surface area (Å²) in [5.74, 6) is 0.736. The number of nitrogens with zero attached hydrogens (tertiary/aromatic N) is 2. The minimum absolute atomic E-state index is 0.0439. The molecule has 0 atom stereocenters. The van der Waals surface area contributed by atoms with E-state index < -0.39 is 0 Å². The molecule has 27 heavy (non-hydrogen) atoms. The van der Waals surface area contributed by atoms with Crippen LogP contribution in [0.2, 0.25) is 5.02 Å². The predicted molar refractivity (Wildman–Crippen MR) is 110 cm³/mol. The lowest BCUT2D eigenvalue weighted by molar-refractivity contribution is 0.101. The molecule has 0 unspecified atom stereocenters. The van der Waals surface area contributed by atoms with E-state index in [2.05, 4.69) is 21.9 Å². The number of benzene rings is 2. The van der Waals surface area contributed by atoms with Crippen LogP contribution in [-0.4, -0.2) is 54.9 Å². The topological polar surface area (TPSA) is 32.8 Å². The van der Waals surface area contributed by atoms with Gasteiger partial charge >= 0.3 is 0 Å². The Kier molecular flexibility index (Phi) is 7.27. The Morgan fingerprint density at radius 1 is 1.00 bits per heavy atom. The van der Waals surface area contributed by atoms with Crippen molar-refractivity contribution < 1.29 is 9.53 Å². The number of rotatable bonds is 8. The Balaban J connectivity index is 1.35. The number of carbonyl (C=O) groups is 1. The van der Waals surface area contributed by atoms with E-state index in [4.69, 9.17) is 16.3 Å². The molecule has 2 aromatic rings. The zero-order chi connectivity index (χ0) is 19.1. The third kappa shape index (κ3) is 6.06. The maximum Gasteiger partial charge on any atom is 0.163 e. The standard InChI is InChI=1S/C22H27ClN2O2/c1-18(26)21-5-2-3-6-22(21)27-16-4-11-24-12-14-25(15-13-24)17-19-7-9-20(23)10-8-19/h2-3,5-10H,4,11-17H2,1H3. The van der Waals surface area contributed by atoms with Crippen LogP contribution >= 0.6 is 11.6 Å². The van der Waals surface area contributed by atoms with Crippen LogP contribution in [0, 0.1) is 0 Å². The summed E-state index contributed by atoms with van der Waals surface area (Å²) in [5, 5.41) is 0.789. The number of halogens is 1. The van der Waals surface area contributed by atoms with E-state index in [1.165, 1.54) is 5.56 Å². The van der Waals surface area contributed by atoms with Gasteiger partial charge in [-0.25, -0.2) is 0 Å². The number of carbonyl (C=O) groups excluding carboxylic acids is 1. The smallest absolute Gasteiger partial charge is 0.163 e. The molecule has 0 saturated carbocycles. The third-order valence-electron chi connectivity index (χ3n) is 4.93. The van der Waals surface area contributed by atoms with E-state index in [-0.39, 0.29) is 5.78 Å². The number of hydrogen-bond acceptors (Lipinski definition) is 4. The second-order valence-electron chi connectivity index (χ2n) is 7.00. The average Bonchev–Trinajstić information content (AvgIpc) is 2.68. The zero-order valence-corrected chi connectivity index (χ0v) is 16.6. The van der Waals surface area contributed by atoms with Crippen LogP contribution in [0.5, 0.6) is 5.75 Å². The molecule has 1 aliphatic rings. The minimum Gasteiger partial charge on any atom is -0.493 e. The van der Waals surface area contributed by atoms with E-state index in [1.54, 1.807) is 6.92 Å². The molecule has 1 heterocycles. The molecule has 0 bridgehead atoms. The molecule has 3 rings (SSSR count). The molecule has 0 spiro atoms. The summed E-state index contributed by atoms with van der Waals surface area (Å²) >= 11 is 5.95. The number of ketones is 1. The molecule has 0 aromatic heterocycles. The van der Waals surface area contributed by atoms with Gasteiger partial charge in [0.15, 0.2) is 5.78 Å². The lowest BCUT2D eigenvalue weighted by atomic mass is 10.1. The fourth-order valence-corrected chi connectivity index (χ4v) is 3.50. The zero-order valence-electron chi connectivity index (χ0n) is 15.9. The van der Waals surface area contributed by atoms with Crippen LogP contribution in [0.15, 0.2) is 48.5 Å². The first-order chi connectivity index (χ1) is 13.1. The summed E-state index contributed by atoms with van der Waals surface area (Å²) in [7, 11) is 0. The van der Waals surface area contributed by atoms with Crippen molar-refractivity contribution in [2.45, 2.75) is 19.9 Å². The molecule has 4 nitrogen and oxygen atoms in total. The van der Waals surface area contributed by atoms with Gasteiger partial charge in [0, 0.05) is 44.3 Å². The summed E-state index contributed by atoms with van der Waals surface area (Å²) in [4.78, 5) is 16.6. The van der Waals surface area contributed by atoms with Crippen molar-refractivity contribution in [2.24, 2.45) is 0 Å². The van der Waals surface area contributed by atoms with Gasteiger partial charge in [-0.05, 0) is 43.2 Å². The first kappa shape index (κ1) is 19.9. The van der Waals surface area contributed by atoms with Crippen molar-refractivity contribution in [3.63, 3.8) is 0 Å². The second kappa shape index (κ2) is 9.88. The molecule has 0 amide bonds. The Bertz CT molecular complexity index is 740. The number of piperazine rings is 1. The molecule has 2 aromatic carbocycles. The number of para-hydroxylation sites is 1. The molecule has 0 N–H and O–H groups in total. The fourth-order valence-electron chi connectivity index (χ4n) is 3.37. The normalized spacial score (nSPS) is 15.6. The van der Waals surface area contributed by atoms with Crippen LogP contribution in [-0.2, 0) is 6.54 Å². The highest BCUT2D eigenvalue weighted by molar-refractivity contribution is 6.30.